The molecule has 0 amide bonds. The fraction of sp³-hybridized carbons (Fsp3) is 0.818. The fourth-order valence-electron chi connectivity index (χ4n) is 1.69. The Hall–Kier alpha value is -0.590. The Kier molecular flexibility index (Phi) is 3.75. The number of nitrogens with two attached hydrogens (primary N) is 1. The Morgan fingerprint density at radius 3 is 3.00 bits per heavy atom. The highest BCUT2D eigenvalue weighted by Gasteiger charge is 2.30. The quantitative estimate of drug-likeness (QED) is 0.871. The summed E-state index contributed by atoms with van der Waals surface area (Å²) in [5.41, 5.74) is 5.47. The maximum atomic E-state index is 5.71. The van der Waals surface area contributed by atoms with Crippen molar-refractivity contribution in [2.75, 3.05) is 31.6 Å². The summed E-state index contributed by atoms with van der Waals surface area (Å²) < 4.78 is 5.34. The van der Waals surface area contributed by atoms with Gasteiger partial charge in [-0.15, -0.1) is 0 Å². The van der Waals surface area contributed by atoms with Crippen LogP contribution in [0.4, 0.5) is 0 Å². The summed E-state index contributed by atoms with van der Waals surface area (Å²) in [7, 11) is 2.11. The van der Waals surface area contributed by atoms with E-state index in [-0.39, 0.29) is 11.5 Å². The van der Waals surface area contributed by atoms with Crippen LogP contribution in [0.1, 0.15) is 31.6 Å². The average molecular weight is 256 g/mol. The molecule has 96 valence electrons. The lowest BCUT2D eigenvalue weighted by Gasteiger charge is -2.29. The minimum Gasteiger partial charge on any atom is -0.339 e. The van der Waals surface area contributed by atoms with E-state index in [1.165, 1.54) is 5.75 Å². The molecular weight excluding hydrogens is 236 g/mol. The molecule has 1 atom stereocenters. The molecule has 1 aliphatic heterocycles. The molecule has 2 N–H and O–H groups in total. The van der Waals surface area contributed by atoms with Crippen molar-refractivity contribution in [1.82, 2.24) is 15.0 Å². The van der Waals surface area contributed by atoms with E-state index < -0.39 is 0 Å². The van der Waals surface area contributed by atoms with Crippen LogP contribution in [0.15, 0.2) is 4.52 Å². The van der Waals surface area contributed by atoms with Crippen molar-refractivity contribution in [2.24, 2.45) is 5.73 Å². The SMILES string of the molecule is CN1CCSCC1c1noc(C(C)(C)CN)n1. The predicted molar refractivity (Wildman–Crippen MR) is 69.1 cm³/mol. The standard InChI is InChI=1S/C11H20N4OS/c1-11(2,7-12)10-13-9(14-16-10)8-6-17-5-4-15(8)3/h8H,4-7,12H2,1-3H3. The smallest absolute Gasteiger partial charge is 0.233 e. The summed E-state index contributed by atoms with van der Waals surface area (Å²) in [6.07, 6.45) is 0. The molecule has 1 saturated heterocycles. The molecular formula is C11H20N4OS. The molecule has 5 nitrogen and oxygen atoms in total. The van der Waals surface area contributed by atoms with E-state index in [0.29, 0.717) is 12.4 Å². The molecule has 1 aromatic heterocycles. The molecule has 1 unspecified atom stereocenters. The van der Waals surface area contributed by atoms with Crippen molar-refractivity contribution in [3.8, 4) is 0 Å². The summed E-state index contributed by atoms with van der Waals surface area (Å²) in [6.45, 7) is 5.61. The highest BCUT2D eigenvalue weighted by atomic mass is 32.2. The van der Waals surface area contributed by atoms with Gasteiger partial charge in [0, 0.05) is 24.6 Å². The molecule has 0 saturated carbocycles. The third-order valence-electron chi connectivity index (χ3n) is 3.23. The normalized spacial score (nSPS) is 22.9. The van der Waals surface area contributed by atoms with E-state index in [0.717, 1.165) is 18.1 Å². The van der Waals surface area contributed by atoms with Crippen LogP contribution >= 0.6 is 11.8 Å². The van der Waals surface area contributed by atoms with Crippen LogP contribution in [-0.2, 0) is 5.41 Å². The van der Waals surface area contributed by atoms with Gasteiger partial charge in [-0.25, -0.2) is 0 Å². The molecule has 2 rings (SSSR count). The monoisotopic (exact) mass is 256 g/mol. The lowest BCUT2D eigenvalue weighted by atomic mass is 9.94. The van der Waals surface area contributed by atoms with Crippen LogP contribution < -0.4 is 5.73 Å². The molecule has 17 heavy (non-hydrogen) atoms. The van der Waals surface area contributed by atoms with Crippen LogP contribution in [0, 0.1) is 0 Å². The second kappa shape index (κ2) is 4.96. The minimum absolute atomic E-state index is 0.244. The Balaban J connectivity index is 2.17. The van der Waals surface area contributed by atoms with Crippen molar-refractivity contribution in [1.29, 1.82) is 0 Å². The fourth-order valence-corrected chi connectivity index (χ4v) is 2.90. The Morgan fingerprint density at radius 2 is 2.35 bits per heavy atom. The molecule has 0 aromatic carbocycles. The van der Waals surface area contributed by atoms with E-state index in [4.69, 9.17) is 10.3 Å². The van der Waals surface area contributed by atoms with Gasteiger partial charge in [0.15, 0.2) is 5.82 Å². The Morgan fingerprint density at radius 1 is 1.59 bits per heavy atom. The third kappa shape index (κ3) is 2.64. The lowest BCUT2D eigenvalue weighted by Crippen LogP contribution is -2.33. The number of nitrogens with zero attached hydrogens (tertiary/aromatic N) is 3. The first-order valence-electron chi connectivity index (χ1n) is 5.87. The molecule has 2 heterocycles. The highest BCUT2D eigenvalue weighted by molar-refractivity contribution is 7.99. The van der Waals surface area contributed by atoms with Gasteiger partial charge < -0.3 is 10.3 Å². The summed E-state index contributed by atoms with van der Waals surface area (Å²) in [5, 5.41) is 4.11. The molecule has 1 aromatic rings. The summed E-state index contributed by atoms with van der Waals surface area (Å²) >= 11 is 1.94. The second-order valence-electron chi connectivity index (χ2n) is 5.12. The third-order valence-corrected chi connectivity index (χ3v) is 4.25. The van der Waals surface area contributed by atoms with Crippen LogP contribution in [0.3, 0.4) is 0 Å². The van der Waals surface area contributed by atoms with E-state index in [1.54, 1.807) is 0 Å². The van der Waals surface area contributed by atoms with E-state index in [9.17, 15) is 0 Å². The maximum absolute atomic E-state index is 5.71. The van der Waals surface area contributed by atoms with E-state index >= 15 is 0 Å². The second-order valence-corrected chi connectivity index (χ2v) is 6.27. The molecule has 0 aliphatic carbocycles. The van der Waals surface area contributed by atoms with Gasteiger partial charge in [0.05, 0.1) is 11.5 Å². The largest absolute Gasteiger partial charge is 0.339 e. The number of aromatic nitrogens is 2. The number of hydrogen-bond acceptors (Lipinski definition) is 6. The first kappa shape index (κ1) is 12.9. The van der Waals surface area contributed by atoms with Crippen LogP contribution in [0.2, 0.25) is 0 Å². The molecule has 0 bridgehead atoms. The topological polar surface area (TPSA) is 68.2 Å². The van der Waals surface area contributed by atoms with Gasteiger partial charge >= 0.3 is 0 Å². The Labute approximate surface area is 106 Å². The van der Waals surface area contributed by atoms with Gasteiger partial charge in [-0.2, -0.15) is 16.7 Å². The lowest BCUT2D eigenvalue weighted by molar-refractivity contribution is 0.254. The van der Waals surface area contributed by atoms with E-state index in [1.807, 2.05) is 25.6 Å². The van der Waals surface area contributed by atoms with Crippen LogP contribution in [0.5, 0.6) is 0 Å². The maximum Gasteiger partial charge on any atom is 0.233 e. The number of thioether (sulfide) groups is 1. The summed E-state index contributed by atoms with van der Waals surface area (Å²) in [6, 6.07) is 0.264. The van der Waals surface area contributed by atoms with Crippen molar-refractivity contribution in [3.63, 3.8) is 0 Å². The van der Waals surface area contributed by atoms with Crippen LogP contribution in [-0.4, -0.2) is 46.7 Å². The highest BCUT2D eigenvalue weighted by Crippen LogP contribution is 2.28. The number of rotatable bonds is 3. The molecule has 0 spiro atoms. The molecule has 1 aliphatic rings. The van der Waals surface area contributed by atoms with E-state index in [2.05, 4.69) is 22.1 Å². The zero-order valence-corrected chi connectivity index (χ0v) is 11.5. The van der Waals surface area contributed by atoms with Crippen molar-refractivity contribution < 1.29 is 4.52 Å². The molecule has 0 radical (unpaired) electrons. The van der Waals surface area contributed by atoms with Crippen molar-refractivity contribution >= 4 is 11.8 Å². The summed E-state index contributed by atoms with van der Waals surface area (Å²) in [4.78, 5) is 6.79. The van der Waals surface area contributed by atoms with Gasteiger partial charge in [-0.3, -0.25) is 4.90 Å². The zero-order valence-electron chi connectivity index (χ0n) is 10.6. The van der Waals surface area contributed by atoms with Gasteiger partial charge in [-0.1, -0.05) is 5.16 Å². The first-order valence-corrected chi connectivity index (χ1v) is 7.02. The minimum atomic E-state index is -0.244. The number of hydrogen-bond donors (Lipinski definition) is 1. The van der Waals surface area contributed by atoms with Gasteiger partial charge in [0.25, 0.3) is 0 Å². The zero-order chi connectivity index (χ0) is 12.5. The van der Waals surface area contributed by atoms with Crippen molar-refractivity contribution in [3.05, 3.63) is 11.7 Å². The average Bonchev–Trinajstić information content (AvgIpc) is 2.79. The first-order chi connectivity index (χ1) is 8.04. The van der Waals surface area contributed by atoms with Gasteiger partial charge in [0.1, 0.15) is 0 Å². The predicted octanol–water partition coefficient (Wildman–Crippen LogP) is 1.03. The summed E-state index contributed by atoms with van der Waals surface area (Å²) in [5.74, 6) is 3.63. The van der Waals surface area contributed by atoms with Gasteiger partial charge in [0.2, 0.25) is 5.89 Å². The van der Waals surface area contributed by atoms with Crippen molar-refractivity contribution in [2.45, 2.75) is 25.3 Å². The van der Waals surface area contributed by atoms with Crippen LogP contribution in [0.25, 0.3) is 0 Å². The molecule has 6 heteroatoms. The van der Waals surface area contributed by atoms with Gasteiger partial charge in [-0.05, 0) is 20.9 Å². The molecule has 1 fully saturated rings. The Bertz CT molecular complexity index is 379.